The molecule has 0 aromatic carbocycles. The maximum Gasteiger partial charge on any atom is 0.234 e. The number of rotatable bonds is 2. The van der Waals surface area contributed by atoms with Crippen molar-refractivity contribution in [1.29, 1.82) is 0 Å². The van der Waals surface area contributed by atoms with Crippen molar-refractivity contribution in [3.63, 3.8) is 0 Å². The number of pyridine rings is 1. The van der Waals surface area contributed by atoms with Gasteiger partial charge in [-0.25, -0.2) is 4.98 Å². The van der Waals surface area contributed by atoms with Gasteiger partial charge in [-0.15, -0.1) is 0 Å². The Hall–Kier alpha value is -1.22. The molecule has 0 aliphatic rings. The van der Waals surface area contributed by atoms with Crippen molar-refractivity contribution in [2.24, 2.45) is 0 Å². The maximum atomic E-state index is 11.0. The highest BCUT2D eigenvalue weighted by atomic mass is 16.1. The number of aromatic amines is 1. The van der Waals surface area contributed by atoms with Crippen LogP contribution in [-0.2, 0) is 6.54 Å². The molecule has 1 aromatic heterocycles. The van der Waals surface area contributed by atoms with Gasteiger partial charge in [-0.05, 0) is 13.0 Å². The predicted molar refractivity (Wildman–Crippen MR) is 44.3 cm³/mol. The van der Waals surface area contributed by atoms with E-state index in [0.29, 0.717) is 0 Å². The number of aryl methyl sites for hydroxylation is 1. The molecule has 64 valence electrons. The first-order valence-electron chi connectivity index (χ1n) is 3.97. The van der Waals surface area contributed by atoms with E-state index in [-0.39, 0.29) is 5.78 Å². The fraction of sp³-hybridized carbons (Fsp3) is 0.333. The topological polar surface area (TPSA) is 58.9 Å². The summed E-state index contributed by atoms with van der Waals surface area (Å²) in [5.41, 5.74) is 6.49. The molecule has 1 rings (SSSR count). The number of Topliss-reactive ketones (excluding diaryl/α,β-unsaturated/α-hetero) is 1. The molecular formula is C9H14N2O+2. The standard InChI is InChI=1S/C9H12N2O/c1-6-9(7(2)12)4-3-8(5-10)11-6/h3-4H,5,10H2,1-2H3/p+2. The van der Waals surface area contributed by atoms with Crippen molar-refractivity contribution < 1.29 is 15.5 Å². The summed E-state index contributed by atoms with van der Waals surface area (Å²) < 4.78 is 0. The zero-order valence-corrected chi connectivity index (χ0v) is 7.48. The number of aromatic nitrogens is 1. The number of H-pyrrole nitrogens is 1. The second-order valence-electron chi connectivity index (χ2n) is 2.83. The van der Waals surface area contributed by atoms with E-state index in [4.69, 9.17) is 0 Å². The molecule has 0 aliphatic heterocycles. The number of carbonyl (C=O) groups is 1. The van der Waals surface area contributed by atoms with Crippen LogP contribution < -0.4 is 10.7 Å². The summed E-state index contributed by atoms with van der Waals surface area (Å²) >= 11 is 0. The second kappa shape index (κ2) is 3.45. The van der Waals surface area contributed by atoms with Gasteiger partial charge in [0, 0.05) is 13.0 Å². The van der Waals surface area contributed by atoms with Crippen molar-refractivity contribution in [3.8, 4) is 0 Å². The van der Waals surface area contributed by atoms with Gasteiger partial charge in [0.1, 0.15) is 0 Å². The number of hydrogen-bond acceptors (Lipinski definition) is 1. The predicted octanol–water partition coefficient (Wildman–Crippen LogP) is -0.246. The van der Waals surface area contributed by atoms with Gasteiger partial charge in [0.25, 0.3) is 0 Å². The van der Waals surface area contributed by atoms with Crippen molar-refractivity contribution in [1.82, 2.24) is 0 Å². The van der Waals surface area contributed by atoms with E-state index in [1.165, 1.54) is 0 Å². The SMILES string of the molecule is CC(=O)c1ccc(C[NH3+])[nH+]c1C. The molecule has 0 aliphatic carbocycles. The first kappa shape index (κ1) is 8.87. The lowest BCUT2D eigenvalue weighted by Crippen LogP contribution is -2.49. The lowest BCUT2D eigenvalue weighted by atomic mass is 10.1. The van der Waals surface area contributed by atoms with E-state index in [9.17, 15) is 4.79 Å². The van der Waals surface area contributed by atoms with Crippen LogP contribution in [0.3, 0.4) is 0 Å². The molecule has 0 bridgehead atoms. The summed E-state index contributed by atoms with van der Waals surface area (Å²) in [6.07, 6.45) is 0. The lowest BCUT2D eigenvalue weighted by molar-refractivity contribution is -0.461. The van der Waals surface area contributed by atoms with Crippen molar-refractivity contribution in [2.45, 2.75) is 20.4 Å². The Bertz CT molecular complexity index is 307. The van der Waals surface area contributed by atoms with Gasteiger partial charge in [-0.1, -0.05) is 0 Å². The van der Waals surface area contributed by atoms with Crippen LogP contribution in [0.5, 0.6) is 0 Å². The van der Waals surface area contributed by atoms with Crippen LogP contribution in [0.1, 0.15) is 28.7 Å². The highest BCUT2D eigenvalue weighted by Gasteiger charge is 2.11. The van der Waals surface area contributed by atoms with Gasteiger partial charge in [-0.3, -0.25) is 4.79 Å². The number of nitrogens with one attached hydrogen (secondary N) is 1. The zero-order chi connectivity index (χ0) is 9.14. The third-order valence-corrected chi connectivity index (χ3v) is 1.85. The number of quaternary nitrogens is 1. The quantitative estimate of drug-likeness (QED) is 0.605. The molecule has 1 heterocycles. The van der Waals surface area contributed by atoms with E-state index in [1.807, 2.05) is 19.1 Å². The molecule has 4 N–H and O–H groups in total. The third kappa shape index (κ3) is 1.68. The van der Waals surface area contributed by atoms with Crippen molar-refractivity contribution in [2.75, 3.05) is 0 Å². The minimum absolute atomic E-state index is 0.0966. The molecule has 0 amide bonds. The van der Waals surface area contributed by atoms with E-state index in [1.54, 1.807) is 6.92 Å². The minimum Gasteiger partial charge on any atom is -0.349 e. The number of ketones is 1. The molecule has 0 spiro atoms. The summed E-state index contributed by atoms with van der Waals surface area (Å²) in [5.74, 6) is 0.0966. The summed E-state index contributed by atoms with van der Waals surface area (Å²) in [4.78, 5) is 14.2. The van der Waals surface area contributed by atoms with Crippen LogP contribution in [0.25, 0.3) is 0 Å². The van der Waals surface area contributed by atoms with Crippen LogP contribution in [0.4, 0.5) is 0 Å². The molecule has 0 saturated carbocycles. The fourth-order valence-corrected chi connectivity index (χ4v) is 1.19. The molecule has 0 fully saturated rings. The normalized spacial score (nSPS) is 9.92. The molecular weight excluding hydrogens is 152 g/mol. The average Bonchev–Trinajstić information content (AvgIpc) is 2.03. The van der Waals surface area contributed by atoms with Gasteiger partial charge in [0.2, 0.25) is 5.69 Å². The Morgan fingerprint density at radius 2 is 2.25 bits per heavy atom. The smallest absolute Gasteiger partial charge is 0.234 e. The summed E-state index contributed by atoms with van der Waals surface area (Å²) in [5, 5.41) is 0. The Labute approximate surface area is 71.6 Å². The Morgan fingerprint density at radius 3 is 2.67 bits per heavy atom. The van der Waals surface area contributed by atoms with Gasteiger partial charge in [0.15, 0.2) is 18.0 Å². The second-order valence-corrected chi connectivity index (χ2v) is 2.83. The molecule has 3 nitrogen and oxygen atoms in total. The van der Waals surface area contributed by atoms with Crippen LogP contribution in [0, 0.1) is 6.92 Å². The zero-order valence-electron chi connectivity index (χ0n) is 7.48. The van der Waals surface area contributed by atoms with Gasteiger partial charge >= 0.3 is 0 Å². The third-order valence-electron chi connectivity index (χ3n) is 1.85. The Kier molecular flexibility index (Phi) is 2.55. The average molecular weight is 166 g/mol. The van der Waals surface area contributed by atoms with Gasteiger partial charge in [-0.2, -0.15) is 0 Å². The molecule has 0 radical (unpaired) electrons. The first-order valence-corrected chi connectivity index (χ1v) is 3.97. The monoisotopic (exact) mass is 166 g/mol. The molecule has 0 atom stereocenters. The van der Waals surface area contributed by atoms with E-state index in [0.717, 1.165) is 23.5 Å². The summed E-state index contributed by atoms with van der Waals surface area (Å²) in [6, 6.07) is 3.74. The Morgan fingerprint density at radius 1 is 1.58 bits per heavy atom. The molecule has 1 aromatic rings. The fourth-order valence-electron chi connectivity index (χ4n) is 1.19. The lowest BCUT2D eigenvalue weighted by Gasteiger charge is -1.95. The first-order chi connectivity index (χ1) is 5.65. The van der Waals surface area contributed by atoms with E-state index >= 15 is 0 Å². The van der Waals surface area contributed by atoms with Gasteiger partial charge in [0.05, 0.1) is 5.56 Å². The van der Waals surface area contributed by atoms with Crippen LogP contribution in [0.15, 0.2) is 12.1 Å². The Balaban J connectivity index is 3.12. The van der Waals surface area contributed by atoms with Crippen LogP contribution in [-0.4, -0.2) is 5.78 Å². The van der Waals surface area contributed by atoms with E-state index < -0.39 is 0 Å². The summed E-state index contributed by atoms with van der Waals surface area (Å²) in [6.45, 7) is 4.19. The molecule has 0 saturated heterocycles. The minimum atomic E-state index is 0.0966. The molecule has 3 heteroatoms. The highest BCUT2D eigenvalue weighted by molar-refractivity contribution is 5.94. The maximum absolute atomic E-state index is 11.0. The largest absolute Gasteiger partial charge is 0.349 e. The number of hydrogen-bond donors (Lipinski definition) is 1. The van der Waals surface area contributed by atoms with Gasteiger partial charge < -0.3 is 5.73 Å². The highest BCUT2D eigenvalue weighted by Crippen LogP contribution is 2.02. The van der Waals surface area contributed by atoms with E-state index in [2.05, 4.69) is 10.7 Å². The van der Waals surface area contributed by atoms with Crippen LogP contribution >= 0.6 is 0 Å². The summed E-state index contributed by atoms with van der Waals surface area (Å²) in [7, 11) is 0. The van der Waals surface area contributed by atoms with Crippen molar-refractivity contribution >= 4 is 5.78 Å². The number of carbonyl (C=O) groups excluding carboxylic acids is 1. The molecule has 12 heavy (non-hydrogen) atoms. The molecule has 0 unspecified atom stereocenters. The van der Waals surface area contributed by atoms with Crippen LogP contribution in [0.2, 0.25) is 0 Å². The van der Waals surface area contributed by atoms with Crippen molar-refractivity contribution in [3.05, 3.63) is 29.1 Å².